The van der Waals surface area contributed by atoms with Crippen molar-refractivity contribution in [3.8, 4) is 0 Å². The maximum atomic E-state index is 14.4. The molecule has 6 unspecified atom stereocenters. The Morgan fingerprint density at radius 2 is 1.80 bits per heavy atom. The maximum absolute atomic E-state index is 14.4. The van der Waals surface area contributed by atoms with Crippen molar-refractivity contribution in [2.24, 2.45) is 11.8 Å². The van der Waals surface area contributed by atoms with Crippen LogP contribution in [0, 0.1) is 11.8 Å². The van der Waals surface area contributed by atoms with Crippen LogP contribution in [0.3, 0.4) is 0 Å². The van der Waals surface area contributed by atoms with Gasteiger partial charge in [-0.2, -0.15) is 0 Å². The standard InChI is InChI=1S/C39H51N5O9S/c1-25-11-6-5-7-12-26-13-10-14-27-21-43(23-31(26)27)38(49)53-29-19-33-34(45)41-39(36(47)42-54(50,51)30-17-18-30)20-28(39)15-8-3-2-4-9-16-32(35(46)44(33)22-29)40-37(48)52-24-25/h7-8,10,12-15,25,28-30,32-33H,2-6,9,11,16-24H2,1H3,(H,40,48)(H,41,45)(H,42,47)/b12-7-,15-8-. The van der Waals surface area contributed by atoms with E-state index in [1.807, 2.05) is 37.3 Å². The predicted octanol–water partition coefficient (Wildman–Crippen LogP) is 4.04. The van der Waals surface area contributed by atoms with E-state index in [4.69, 9.17) is 9.47 Å². The second kappa shape index (κ2) is 15.8. The molecule has 6 aliphatic rings. The number of ether oxygens (including phenoxy) is 2. The molecule has 3 fully saturated rings. The monoisotopic (exact) mass is 765 g/mol. The van der Waals surface area contributed by atoms with Crippen LogP contribution in [0.4, 0.5) is 9.59 Å². The van der Waals surface area contributed by atoms with Gasteiger partial charge in [0.05, 0.1) is 24.9 Å². The van der Waals surface area contributed by atoms with Crippen LogP contribution in [0.5, 0.6) is 0 Å². The van der Waals surface area contributed by atoms with Gasteiger partial charge < -0.3 is 25.0 Å². The predicted molar refractivity (Wildman–Crippen MR) is 198 cm³/mol. The van der Waals surface area contributed by atoms with E-state index in [-0.39, 0.29) is 31.9 Å². The summed E-state index contributed by atoms with van der Waals surface area (Å²) in [5.41, 5.74) is 1.57. The van der Waals surface area contributed by atoms with Crippen molar-refractivity contribution in [1.29, 1.82) is 0 Å². The molecule has 15 heteroatoms. The molecule has 4 aliphatic heterocycles. The lowest BCUT2D eigenvalue weighted by Crippen LogP contribution is -2.58. The maximum Gasteiger partial charge on any atom is 0.410 e. The van der Waals surface area contributed by atoms with Gasteiger partial charge in [0, 0.05) is 18.9 Å². The smallest absolute Gasteiger partial charge is 0.410 e. The minimum absolute atomic E-state index is 0.0502. The first-order valence-corrected chi connectivity index (χ1v) is 21.0. The fourth-order valence-corrected chi connectivity index (χ4v) is 9.44. The number of carbonyl (C=O) groups excluding carboxylic acids is 5. The zero-order valence-electron chi connectivity index (χ0n) is 30.8. The summed E-state index contributed by atoms with van der Waals surface area (Å²) >= 11 is 0. The van der Waals surface area contributed by atoms with Crippen molar-refractivity contribution >= 4 is 46.0 Å². The molecule has 6 atom stereocenters. The van der Waals surface area contributed by atoms with Crippen molar-refractivity contribution in [2.75, 3.05) is 13.2 Å². The number of nitrogens with zero attached hydrogens (tertiary/aromatic N) is 2. The average molecular weight is 766 g/mol. The molecule has 2 saturated carbocycles. The van der Waals surface area contributed by atoms with Crippen molar-refractivity contribution in [2.45, 2.75) is 126 Å². The lowest BCUT2D eigenvalue weighted by Gasteiger charge is -2.29. The SMILES string of the molecule is CC1CCC/C=C\c2cccc3c2CN(C3)C(=O)OC2CC3C(=O)NC4(C(=O)NS(=O)(=O)C5CC5)CC4/C=C\CCCCCC(NC(=O)OC1)C(=O)N3C2. The lowest BCUT2D eigenvalue weighted by molar-refractivity contribution is -0.141. The van der Waals surface area contributed by atoms with E-state index >= 15 is 0 Å². The van der Waals surface area contributed by atoms with Crippen LogP contribution in [0.25, 0.3) is 6.08 Å². The van der Waals surface area contributed by atoms with Crippen molar-refractivity contribution in [1.82, 2.24) is 25.2 Å². The summed E-state index contributed by atoms with van der Waals surface area (Å²) in [6.45, 7) is 2.79. The molecule has 3 N–H and O–H groups in total. The molecule has 0 spiro atoms. The highest BCUT2D eigenvalue weighted by atomic mass is 32.2. The van der Waals surface area contributed by atoms with E-state index in [1.165, 1.54) is 4.90 Å². The third kappa shape index (κ3) is 8.45. The Hall–Kier alpha value is -4.40. The molecule has 1 aromatic rings. The molecular formula is C39H51N5O9S. The molecule has 4 heterocycles. The first-order chi connectivity index (χ1) is 25.9. The highest BCUT2D eigenvalue weighted by Gasteiger charge is 2.62. The number of fused-ring (bicyclic) bond motifs is 4. The van der Waals surface area contributed by atoms with E-state index in [9.17, 15) is 32.4 Å². The largest absolute Gasteiger partial charge is 0.449 e. The van der Waals surface area contributed by atoms with Gasteiger partial charge in [0.1, 0.15) is 23.7 Å². The first-order valence-electron chi connectivity index (χ1n) is 19.4. The zero-order chi connectivity index (χ0) is 38.0. The van der Waals surface area contributed by atoms with Crippen LogP contribution in [-0.4, -0.2) is 90.3 Å². The van der Waals surface area contributed by atoms with E-state index in [1.54, 1.807) is 4.90 Å². The van der Waals surface area contributed by atoms with Crippen LogP contribution in [0.15, 0.2) is 36.4 Å². The molecule has 5 bridgehead atoms. The molecule has 1 saturated heterocycles. The van der Waals surface area contributed by atoms with Gasteiger partial charge in [-0.05, 0) is 80.4 Å². The van der Waals surface area contributed by atoms with Crippen molar-refractivity contribution < 1.29 is 41.9 Å². The summed E-state index contributed by atoms with van der Waals surface area (Å²) in [4.78, 5) is 72.1. The second-order valence-electron chi connectivity index (χ2n) is 15.8. The molecule has 5 amide bonds. The minimum Gasteiger partial charge on any atom is -0.449 e. The highest BCUT2D eigenvalue weighted by Crippen LogP contribution is 2.46. The number of hydrogen-bond donors (Lipinski definition) is 3. The first kappa shape index (κ1) is 37.9. The van der Waals surface area contributed by atoms with Crippen LogP contribution in [-0.2, 0) is 47.0 Å². The second-order valence-corrected chi connectivity index (χ2v) is 17.8. The number of rotatable bonds is 3. The van der Waals surface area contributed by atoms with Gasteiger partial charge in [-0.1, -0.05) is 62.3 Å². The number of allylic oxidation sites excluding steroid dienone is 2. The third-order valence-electron chi connectivity index (χ3n) is 11.5. The number of hydrogen-bond acceptors (Lipinski definition) is 9. The van der Waals surface area contributed by atoms with E-state index in [0.717, 1.165) is 48.8 Å². The number of benzene rings is 1. The Bertz CT molecular complexity index is 1830. The number of cyclic esters (lactones) is 1. The molecular weight excluding hydrogens is 715 g/mol. The fourth-order valence-electron chi connectivity index (χ4n) is 8.08. The van der Waals surface area contributed by atoms with Gasteiger partial charge in [0.25, 0.3) is 5.91 Å². The minimum atomic E-state index is -3.90. The quantitative estimate of drug-likeness (QED) is 0.383. The Morgan fingerprint density at radius 1 is 0.981 bits per heavy atom. The zero-order valence-corrected chi connectivity index (χ0v) is 31.6. The number of sulfonamides is 1. The summed E-state index contributed by atoms with van der Waals surface area (Å²) in [6, 6.07) is 3.80. The molecule has 54 heavy (non-hydrogen) atoms. The van der Waals surface area contributed by atoms with Crippen LogP contribution in [0.1, 0.15) is 101 Å². The molecule has 0 aromatic heterocycles. The summed E-state index contributed by atoms with van der Waals surface area (Å²) < 4.78 is 39.4. The van der Waals surface area contributed by atoms with Gasteiger partial charge in [0.15, 0.2) is 0 Å². The Labute approximate surface area is 316 Å². The molecule has 292 valence electrons. The van der Waals surface area contributed by atoms with Crippen LogP contribution in [0.2, 0.25) is 0 Å². The Balaban J connectivity index is 1.17. The van der Waals surface area contributed by atoms with Crippen LogP contribution >= 0.6 is 0 Å². The fraction of sp³-hybridized carbons (Fsp3) is 0.615. The van der Waals surface area contributed by atoms with E-state index in [0.29, 0.717) is 45.2 Å². The normalized spacial score (nSPS) is 32.4. The highest BCUT2D eigenvalue weighted by molar-refractivity contribution is 7.91. The topological polar surface area (TPSA) is 181 Å². The molecule has 0 radical (unpaired) electrons. The number of carbonyl (C=O) groups is 5. The van der Waals surface area contributed by atoms with Gasteiger partial charge in [-0.25, -0.2) is 18.0 Å². The van der Waals surface area contributed by atoms with Crippen LogP contribution < -0.4 is 15.4 Å². The summed E-state index contributed by atoms with van der Waals surface area (Å²) in [6.07, 6.45) is 12.6. The van der Waals surface area contributed by atoms with E-state index < -0.39 is 74.8 Å². The number of alkyl carbamates (subject to hydrolysis) is 1. The molecule has 7 rings (SSSR count). The third-order valence-corrected chi connectivity index (χ3v) is 13.4. The van der Waals surface area contributed by atoms with Gasteiger partial charge >= 0.3 is 12.2 Å². The Morgan fingerprint density at radius 3 is 2.61 bits per heavy atom. The van der Waals surface area contributed by atoms with Gasteiger partial charge in [-0.3, -0.25) is 24.0 Å². The summed E-state index contributed by atoms with van der Waals surface area (Å²) in [7, 11) is -3.90. The number of amides is 5. The van der Waals surface area contributed by atoms with E-state index in [2.05, 4.69) is 27.5 Å². The van der Waals surface area contributed by atoms with Gasteiger partial charge in [0.2, 0.25) is 21.8 Å². The molecule has 2 aliphatic carbocycles. The Kier molecular flexibility index (Phi) is 11.1. The lowest BCUT2D eigenvalue weighted by atomic mass is 10.0. The summed E-state index contributed by atoms with van der Waals surface area (Å²) in [5.74, 6) is -2.34. The molecule has 14 nitrogen and oxygen atoms in total. The van der Waals surface area contributed by atoms with Crippen molar-refractivity contribution in [3.05, 3.63) is 53.1 Å². The van der Waals surface area contributed by atoms with Gasteiger partial charge in [-0.15, -0.1) is 0 Å². The average Bonchev–Trinajstić information content (AvgIpc) is 4.02. The number of nitrogens with one attached hydrogen (secondary N) is 3. The summed E-state index contributed by atoms with van der Waals surface area (Å²) in [5, 5.41) is 4.96. The molecule has 1 aromatic carbocycles. The van der Waals surface area contributed by atoms with Crippen molar-refractivity contribution in [3.63, 3.8) is 0 Å².